The molecule has 4 nitrogen and oxygen atoms in total. The van der Waals surface area contributed by atoms with Crippen molar-refractivity contribution in [2.24, 2.45) is 11.7 Å². The van der Waals surface area contributed by atoms with Crippen molar-refractivity contribution in [2.45, 2.75) is 19.3 Å². The zero-order valence-electron chi connectivity index (χ0n) is 14.6. The van der Waals surface area contributed by atoms with E-state index in [9.17, 15) is 4.79 Å². The van der Waals surface area contributed by atoms with E-state index in [4.69, 9.17) is 10.5 Å². The molecule has 132 valence electrons. The second-order valence-electron chi connectivity index (χ2n) is 6.60. The van der Waals surface area contributed by atoms with E-state index >= 15 is 0 Å². The Morgan fingerprint density at radius 3 is 2.40 bits per heavy atom. The first-order valence-corrected chi connectivity index (χ1v) is 9.02. The van der Waals surface area contributed by atoms with Gasteiger partial charge in [0.2, 0.25) is 0 Å². The lowest BCUT2D eigenvalue weighted by Crippen LogP contribution is -2.36. The van der Waals surface area contributed by atoms with E-state index in [1.165, 1.54) is 18.4 Å². The first-order chi connectivity index (χ1) is 12.3. The van der Waals surface area contributed by atoms with Gasteiger partial charge in [0.1, 0.15) is 5.75 Å². The fourth-order valence-corrected chi connectivity index (χ4v) is 2.75. The summed E-state index contributed by atoms with van der Waals surface area (Å²) in [4.78, 5) is 14.6. The lowest BCUT2D eigenvalue weighted by molar-refractivity contribution is 0.0762. The van der Waals surface area contributed by atoms with Gasteiger partial charge in [-0.05, 0) is 55.0 Å². The average Bonchev–Trinajstić information content (AvgIpc) is 3.49. The summed E-state index contributed by atoms with van der Waals surface area (Å²) in [5, 5.41) is 0. The van der Waals surface area contributed by atoms with Crippen molar-refractivity contribution in [3.63, 3.8) is 0 Å². The third-order valence-corrected chi connectivity index (χ3v) is 4.48. The maximum atomic E-state index is 12.8. The number of amides is 1. The zero-order chi connectivity index (χ0) is 17.5. The van der Waals surface area contributed by atoms with E-state index in [0.717, 1.165) is 24.7 Å². The summed E-state index contributed by atoms with van der Waals surface area (Å²) in [7, 11) is 0. The highest BCUT2D eigenvalue weighted by atomic mass is 16.5. The van der Waals surface area contributed by atoms with Crippen LogP contribution in [0.3, 0.4) is 0 Å². The van der Waals surface area contributed by atoms with Crippen LogP contribution in [0.15, 0.2) is 54.6 Å². The highest BCUT2D eigenvalue weighted by molar-refractivity contribution is 5.94. The van der Waals surface area contributed by atoms with E-state index in [1.807, 2.05) is 47.4 Å². The van der Waals surface area contributed by atoms with Crippen molar-refractivity contribution in [1.82, 2.24) is 4.90 Å². The maximum Gasteiger partial charge on any atom is 0.253 e. The maximum absolute atomic E-state index is 12.8. The zero-order valence-corrected chi connectivity index (χ0v) is 14.6. The molecule has 0 heterocycles. The molecule has 25 heavy (non-hydrogen) atoms. The first-order valence-electron chi connectivity index (χ1n) is 9.02. The molecule has 2 N–H and O–H groups in total. The number of hydrogen-bond acceptors (Lipinski definition) is 3. The highest BCUT2D eigenvalue weighted by Crippen LogP contribution is 2.29. The van der Waals surface area contributed by atoms with E-state index in [0.29, 0.717) is 25.2 Å². The monoisotopic (exact) mass is 338 g/mol. The van der Waals surface area contributed by atoms with Crippen LogP contribution in [0, 0.1) is 5.92 Å². The molecule has 0 radical (unpaired) electrons. The number of carbonyl (C=O) groups is 1. The van der Waals surface area contributed by atoms with Crippen molar-refractivity contribution in [2.75, 3.05) is 26.2 Å². The molecule has 4 heteroatoms. The van der Waals surface area contributed by atoms with Gasteiger partial charge in [-0.25, -0.2) is 0 Å². The second-order valence-corrected chi connectivity index (χ2v) is 6.60. The number of hydrogen-bond donors (Lipinski definition) is 1. The largest absolute Gasteiger partial charge is 0.493 e. The van der Waals surface area contributed by atoms with E-state index in [-0.39, 0.29) is 5.91 Å². The number of nitrogens with two attached hydrogens (primary N) is 1. The molecular formula is C21H26N2O2. The molecule has 0 aliphatic heterocycles. The fourth-order valence-electron chi connectivity index (χ4n) is 2.75. The molecule has 0 unspecified atom stereocenters. The van der Waals surface area contributed by atoms with Crippen LogP contribution >= 0.6 is 0 Å². The van der Waals surface area contributed by atoms with Crippen LogP contribution in [-0.2, 0) is 6.42 Å². The lowest BCUT2D eigenvalue weighted by atomic mass is 10.1. The second kappa shape index (κ2) is 8.67. The molecule has 0 bridgehead atoms. The molecule has 1 saturated carbocycles. The van der Waals surface area contributed by atoms with E-state index in [1.54, 1.807) is 0 Å². The van der Waals surface area contributed by atoms with E-state index in [2.05, 4.69) is 12.1 Å². The number of benzene rings is 2. The molecule has 1 amide bonds. The fraction of sp³-hybridized carbons (Fsp3) is 0.381. The Balaban J connectivity index is 1.58. The van der Waals surface area contributed by atoms with Crippen molar-refractivity contribution in [1.29, 1.82) is 0 Å². The number of carbonyl (C=O) groups excluding carboxylic acids is 1. The summed E-state index contributed by atoms with van der Waals surface area (Å²) in [5.41, 5.74) is 7.60. The predicted octanol–water partition coefficient (Wildman–Crippen LogP) is 3.12. The molecular weight excluding hydrogens is 312 g/mol. The van der Waals surface area contributed by atoms with Gasteiger partial charge in [-0.1, -0.05) is 30.3 Å². The smallest absolute Gasteiger partial charge is 0.253 e. The summed E-state index contributed by atoms with van der Waals surface area (Å²) in [5.74, 6) is 1.58. The Morgan fingerprint density at radius 1 is 1.04 bits per heavy atom. The SMILES string of the molecule is NCCN(CCc1ccccc1)C(=O)c1ccc(OCC2CC2)cc1. The molecule has 1 fully saturated rings. The van der Waals surface area contributed by atoms with Gasteiger partial charge in [-0.15, -0.1) is 0 Å². The summed E-state index contributed by atoms with van der Waals surface area (Å²) in [6.45, 7) is 2.47. The third kappa shape index (κ3) is 5.33. The normalized spacial score (nSPS) is 13.5. The van der Waals surface area contributed by atoms with Crippen LogP contribution in [0.2, 0.25) is 0 Å². The third-order valence-electron chi connectivity index (χ3n) is 4.48. The van der Waals surface area contributed by atoms with Gasteiger partial charge in [0.25, 0.3) is 5.91 Å². The summed E-state index contributed by atoms with van der Waals surface area (Å²) < 4.78 is 5.73. The van der Waals surface area contributed by atoms with Crippen molar-refractivity contribution in [3.05, 3.63) is 65.7 Å². The Morgan fingerprint density at radius 2 is 1.76 bits per heavy atom. The summed E-state index contributed by atoms with van der Waals surface area (Å²) >= 11 is 0. The molecule has 2 aromatic carbocycles. The standard InChI is InChI=1S/C21H26N2O2/c22-13-15-23(14-12-17-4-2-1-3-5-17)21(24)19-8-10-20(11-9-19)25-16-18-6-7-18/h1-5,8-11,18H,6-7,12-16,22H2. The molecule has 1 aliphatic carbocycles. The van der Waals surface area contributed by atoms with Crippen LogP contribution in [0.4, 0.5) is 0 Å². The molecule has 0 saturated heterocycles. The Labute approximate surface area is 149 Å². The van der Waals surface area contributed by atoms with Crippen molar-refractivity contribution in [3.8, 4) is 5.75 Å². The molecule has 2 aromatic rings. The minimum atomic E-state index is 0.0233. The lowest BCUT2D eigenvalue weighted by Gasteiger charge is -2.22. The van der Waals surface area contributed by atoms with Gasteiger partial charge in [-0.2, -0.15) is 0 Å². The molecule has 0 spiro atoms. The molecule has 1 aliphatic rings. The van der Waals surface area contributed by atoms with Crippen LogP contribution < -0.4 is 10.5 Å². The van der Waals surface area contributed by atoms with Crippen molar-refractivity contribution < 1.29 is 9.53 Å². The van der Waals surface area contributed by atoms with Gasteiger partial charge in [0.15, 0.2) is 0 Å². The van der Waals surface area contributed by atoms with Gasteiger partial charge < -0.3 is 15.4 Å². The Bertz CT molecular complexity index is 666. The van der Waals surface area contributed by atoms with Crippen LogP contribution in [0.25, 0.3) is 0 Å². The first kappa shape index (κ1) is 17.5. The van der Waals surface area contributed by atoms with Gasteiger partial charge in [0, 0.05) is 25.2 Å². The molecule has 0 aromatic heterocycles. The van der Waals surface area contributed by atoms with Crippen LogP contribution in [0.5, 0.6) is 5.75 Å². The Hall–Kier alpha value is -2.33. The number of ether oxygens (including phenoxy) is 1. The van der Waals surface area contributed by atoms with Crippen molar-refractivity contribution >= 4 is 5.91 Å². The number of nitrogens with zero attached hydrogens (tertiary/aromatic N) is 1. The van der Waals surface area contributed by atoms with Crippen LogP contribution in [0.1, 0.15) is 28.8 Å². The quantitative estimate of drug-likeness (QED) is 0.764. The topological polar surface area (TPSA) is 55.6 Å². The Kier molecular flexibility index (Phi) is 6.07. The summed E-state index contributed by atoms with van der Waals surface area (Å²) in [6, 6.07) is 17.6. The van der Waals surface area contributed by atoms with Gasteiger partial charge >= 0.3 is 0 Å². The highest BCUT2D eigenvalue weighted by Gasteiger charge is 2.22. The van der Waals surface area contributed by atoms with Gasteiger partial charge in [0.05, 0.1) is 6.61 Å². The number of rotatable bonds is 9. The van der Waals surface area contributed by atoms with Gasteiger partial charge in [-0.3, -0.25) is 4.79 Å². The van der Waals surface area contributed by atoms with E-state index < -0.39 is 0 Å². The molecule has 0 atom stereocenters. The van der Waals surface area contributed by atoms with Crippen LogP contribution in [-0.4, -0.2) is 37.0 Å². The average molecular weight is 338 g/mol. The minimum absolute atomic E-state index is 0.0233. The predicted molar refractivity (Wildman–Crippen MR) is 99.8 cm³/mol. The minimum Gasteiger partial charge on any atom is -0.493 e. The molecule has 3 rings (SSSR count). The summed E-state index contributed by atoms with van der Waals surface area (Å²) in [6.07, 6.45) is 3.37.